The fourth-order valence-electron chi connectivity index (χ4n) is 4.67. The molecule has 168 valence electrons. The van der Waals surface area contributed by atoms with Gasteiger partial charge in [-0.2, -0.15) is 0 Å². The summed E-state index contributed by atoms with van der Waals surface area (Å²) in [4.78, 5) is 30.2. The maximum absolute atomic E-state index is 13.6. The summed E-state index contributed by atoms with van der Waals surface area (Å²) in [6, 6.07) is 17.8. The molecule has 7 nitrogen and oxygen atoms in total. The lowest BCUT2D eigenvalue weighted by Crippen LogP contribution is -2.38. The van der Waals surface area contributed by atoms with Crippen molar-refractivity contribution in [1.29, 1.82) is 0 Å². The van der Waals surface area contributed by atoms with Crippen molar-refractivity contribution in [2.45, 2.75) is 18.9 Å². The third-order valence-electron chi connectivity index (χ3n) is 6.14. The number of thiazole rings is 1. The molecule has 0 N–H and O–H groups in total. The first-order chi connectivity index (χ1) is 16.5. The maximum atomic E-state index is 13.6. The number of hydrogen-bond acceptors (Lipinski definition) is 6. The Labute approximate surface area is 205 Å². The largest absolute Gasteiger partial charge is 0.450 e. The van der Waals surface area contributed by atoms with Gasteiger partial charge in [0.1, 0.15) is 5.76 Å². The van der Waals surface area contributed by atoms with E-state index in [9.17, 15) is 14.9 Å². The second-order valence-corrected chi connectivity index (χ2v) is 9.90. The van der Waals surface area contributed by atoms with Gasteiger partial charge >= 0.3 is 0 Å². The van der Waals surface area contributed by atoms with Crippen LogP contribution < -0.4 is 14.9 Å². The van der Waals surface area contributed by atoms with Gasteiger partial charge in [-0.25, -0.2) is 4.99 Å². The summed E-state index contributed by atoms with van der Waals surface area (Å²) < 4.78 is 8.31. The SMILES string of the molecule is O=c1/c(=C\c2ccc(Br)o2)sc2n1[C@H](c1cccc([N+](=O)[O-])c1)C1=C(N=2)c2ccccc2CC1. The molecule has 1 aliphatic carbocycles. The average molecular weight is 534 g/mol. The van der Waals surface area contributed by atoms with Gasteiger partial charge in [-0.05, 0) is 57.6 Å². The number of allylic oxidation sites excluding steroid dienone is 1. The van der Waals surface area contributed by atoms with Crippen molar-refractivity contribution >= 4 is 44.7 Å². The lowest BCUT2D eigenvalue weighted by Gasteiger charge is -2.30. The molecule has 1 atom stereocenters. The number of hydrogen-bond donors (Lipinski definition) is 0. The van der Waals surface area contributed by atoms with Crippen molar-refractivity contribution in [3.8, 4) is 0 Å². The molecule has 9 heteroatoms. The van der Waals surface area contributed by atoms with Crippen molar-refractivity contribution in [2.24, 2.45) is 4.99 Å². The number of nitro benzene ring substituents is 1. The zero-order valence-electron chi connectivity index (χ0n) is 17.6. The molecule has 0 saturated carbocycles. The summed E-state index contributed by atoms with van der Waals surface area (Å²) in [6.45, 7) is 0. The van der Waals surface area contributed by atoms with Gasteiger partial charge in [-0.3, -0.25) is 19.5 Å². The summed E-state index contributed by atoms with van der Waals surface area (Å²) in [5, 5.41) is 11.5. The van der Waals surface area contributed by atoms with E-state index in [1.165, 1.54) is 23.0 Å². The first-order valence-corrected chi connectivity index (χ1v) is 12.2. The second-order valence-electron chi connectivity index (χ2n) is 8.11. The van der Waals surface area contributed by atoms with E-state index in [0.29, 0.717) is 25.3 Å². The smallest absolute Gasteiger partial charge is 0.271 e. The molecule has 2 aromatic heterocycles. The van der Waals surface area contributed by atoms with Crippen LogP contribution in [0.4, 0.5) is 5.69 Å². The topological polar surface area (TPSA) is 90.6 Å². The first kappa shape index (κ1) is 21.0. The van der Waals surface area contributed by atoms with E-state index in [4.69, 9.17) is 9.41 Å². The van der Waals surface area contributed by atoms with Gasteiger partial charge in [0.2, 0.25) is 0 Å². The van der Waals surface area contributed by atoms with Crippen LogP contribution in [0.15, 0.2) is 85.1 Å². The molecular weight excluding hydrogens is 518 g/mol. The van der Waals surface area contributed by atoms with Crippen molar-refractivity contribution in [2.75, 3.05) is 0 Å². The minimum Gasteiger partial charge on any atom is -0.450 e. The number of nitro groups is 1. The Hall–Kier alpha value is -3.56. The molecule has 6 rings (SSSR count). The molecule has 3 heterocycles. The Morgan fingerprint density at radius 2 is 2.00 bits per heavy atom. The Balaban J connectivity index is 1.64. The van der Waals surface area contributed by atoms with E-state index in [0.717, 1.165) is 29.7 Å². The molecule has 0 radical (unpaired) electrons. The lowest BCUT2D eigenvalue weighted by molar-refractivity contribution is -0.384. The van der Waals surface area contributed by atoms with Crippen LogP contribution >= 0.6 is 27.3 Å². The van der Waals surface area contributed by atoms with Crippen LogP contribution in [0.3, 0.4) is 0 Å². The highest BCUT2D eigenvalue weighted by molar-refractivity contribution is 9.10. The molecule has 2 aromatic carbocycles. The van der Waals surface area contributed by atoms with Crippen molar-refractivity contribution in [1.82, 2.24) is 4.57 Å². The summed E-state index contributed by atoms with van der Waals surface area (Å²) in [6.07, 6.45) is 3.24. The number of nitrogens with zero attached hydrogens (tertiary/aromatic N) is 3. The van der Waals surface area contributed by atoms with Gasteiger partial charge in [0.15, 0.2) is 9.47 Å². The summed E-state index contributed by atoms with van der Waals surface area (Å²) in [5.74, 6) is 0.554. The van der Waals surface area contributed by atoms with Gasteiger partial charge in [0.05, 0.1) is 21.2 Å². The Morgan fingerprint density at radius 1 is 1.15 bits per heavy atom. The normalized spacial score (nSPS) is 17.1. The van der Waals surface area contributed by atoms with Gasteiger partial charge in [-0.1, -0.05) is 47.7 Å². The average Bonchev–Trinajstić information content (AvgIpc) is 3.40. The van der Waals surface area contributed by atoms with E-state index in [1.54, 1.807) is 34.9 Å². The van der Waals surface area contributed by atoms with Gasteiger partial charge in [0, 0.05) is 23.8 Å². The van der Waals surface area contributed by atoms with Gasteiger partial charge in [0.25, 0.3) is 11.2 Å². The third-order valence-corrected chi connectivity index (χ3v) is 7.55. The zero-order valence-corrected chi connectivity index (χ0v) is 20.0. The number of fused-ring (bicyclic) bond motifs is 3. The van der Waals surface area contributed by atoms with Crippen molar-refractivity contribution in [3.05, 3.63) is 123 Å². The standard InChI is InChI=1S/C25H16BrN3O4S/c26-21-11-9-17(33-21)13-20-24(30)28-23(15-5-3-6-16(12-15)29(31)32)19-10-8-14-4-1-2-7-18(14)22(19)27-25(28)34-20/h1-7,9,11-13,23H,8,10H2/b20-13+/t23-/m1/s1. The third kappa shape index (κ3) is 3.39. The highest BCUT2D eigenvalue weighted by Gasteiger charge is 2.33. The molecule has 0 amide bonds. The van der Waals surface area contributed by atoms with Crippen LogP contribution in [0.5, 0.6) is 0 Å². The van der Waals surface area contributed by atoms with Crippen LogP contribution in [-0.4, -0.2) is 9.49 Å². The highest BCUT2D eigenvalue weighted by atomic mass is 79.9. The van der Waals surface area contributed by atoms with E-state index >= 15 is 0 Å². The Kier molecular flexibility index (Phi) is 4.96. The van der Waals surface area contributed by atoms with E-state index in [1.807, 2.05) is 24.3 Å². The number of aromatic nitrogens is 1. The molecule has 34 heavy (non-hydrogen) atoms. The summed E-state index contributed by atoms with van der Waals surface area (Å²) in [7, 11) is 0. The van der Waals surface area contributed by atoms with Crippen molar-refractivity contribution < 1.29 is 9.34 Å². The molecule has 2 aliphatic rings. The monoisotopic (exact) mass is 533 g/mol. The fraction of sp³-hybridized carbons (Fsp3) is 0.120. The van der Waals surface area contributed by atoms with Gasteiger partial charge < -0.3 is 4.42 Å². The summed E-state index contributed by atoms with van der Waals surface area (Å²) in [5.41, 5.74) is 4.61. The van der Waals surface area contributed by atoms with E-state index < -0.39 is 11.0 Å². The predicted octanol–water partition coefficient (Wildman–Crippen LogP) is 4.58. The predicted molar refractivity (Wildman–Crippen MR) is 132 cm³/mol. The summed E-state index contributed by atoms with van der Waals surface area (Å²) >= 11 is 4.58. The molecule has 0 spiro atoms. The molecular formula is C25H16BrN3O4S. The quantitative estimate of drug-likeness (QED) is 0.284. The van der Waals surface area contributed by atoms with Crippen LogP contribution in [0.25, 0.3) is 11.8 Å². The minimum atomic E-state index is -0.468. The number of rotatable bonds is 3. The van der Waals surface area contributed by atoms with Crippen molar-refractivity contribution in [3.63, 3.8) is 0 Å². The van der Waals surface area contributed by atoms with Crippen LogP contribution in [0.2, 0.25) is 0 Å². The number of aryl methyl sites for hydroxylation is 1. The van der Waals surface area contributed by atoms with Crippen LogP contribution in [-0.2, 0) is 6.42 Å². The van der Waals surface area contributed by atoms with E-state index in [-0.39, 0.29) is 11.2 Å². The molecule has 1 aliphatic heterocycles. The molecule has 0 saturated heterocycles. The molecule has 0 unspecified atom stereocenters. The number of non-ortho nitro benzene ring substituents is 1. The molecule has 0 fully saturated rings. The fourth-order valence-corrected chi connectivity index (χ4v) is 5.97. The van der Waals surface area contributed by atoms with Crippen LogP contribution in [0.1, 0.15) is 34.9 Å². The number of benzene rings is 2. The van der Waals surface area contributed by atoms with E-state index in [2.05, 4.69) is 22.0 Å². The highest BCUT2D eigenvalue weighted by Crippen LogP contribution is 2.41. The Bertz CT molecular complexity index is 1700. The first-order valence-electron chi connectivity index (χ1n) is 10.6. The lowest BCUT2D eigenvalue weighted by atomic mass is 9.83. The zero-order chi connectivity index (χ0) is 23.4. The Morgan fingerprint density at radius 3 is 2.79 bits per heavy atom. The second kappa shape index (κ2) is 8.03. The minimum absolute atomic E-state index is 0.00424. The number of furan rings is 1. The maximum Gasteiger partial charge on any atom is 0.271 e. The number of halogens is 1. The molecule has 0 bridgehead atoms. The van der Waals surface area contributed by atoms with Gasteiger partial charge in [-0.15, -0.1) is 0 Å². The molecule has 4 aromatic rings. The van der Waals surface area contributed by atoms with Crippen LogP contribution in [0, 0.1) is 10.1 Å².